The number of carbonyl (C=O) groups is 1. The van der Waals surface area contributed by atoms with E-state index in [1.807, 2.05) is 23.1 Å². The number of nitrogens with zero attached hydrogens (tertiary/aromatic N) is 2. The highest BCUT2D eigenvalue weighted by atomic mass is 35.5. The van der Waals surface area contributed by atoms with E-state index in [0.717, 1.165) is 36.9 Å². The van der Waals surface area contributed by atoms with Crippen LogP contribution in [0.15, 0.2) is 41.5 Å². The Morgan fingerprint density at radius 2 is 2.07 bits per heavy atom. The number of hydrogen-bond donors (Lipinski definition) is 2. The molecule has 0 aliphatic carbocycles. The van der Waals surface area contributed by atoms with Crippen molar-refractivity contribution in [1.29, 1.82) is 0 Å². The lowest BCUT2D eigenvalue weighted by molar-refractivity contribution is -0.144. The van der Waals surface area contributed by atoms with E-state index in [1.165, 1.54) is 11.9 Å². The largest absolute Gasteiger partial charge is 0.336 e. The first-order valence-corrected chi connectivity index (χ1v) is 9.80. The molecule has 4 heterocycles. The number of benzene rings is 1. The summed E-state index contributed by atoms with van der Waals surface area (Å²) < 4.78 is 0. The van der Waals surface area contributed by atoms with E-state index in [4.69, 9.17) is 0 Å². The summed E-state index contributed by atoms with van der Waals surface area (Å²) in [5.41, 5.74) is 2.22. The SMILES string of the molecule is Cl.O=C(N1CCc2c(nc[nH]c2=O)C1)[C@]1(Cc2ccccc2)C[C@@H]2CC[C@H]1N2. The second-order valence-corrected chi connectivity index (χ2v) is 8.15. The topological polar surface area (TPSA) is 78.1 Å². The molecule has 2 bridgehead atoms. The maximum absolute atomic E-state index is 13.8. The number of H-pyrrole nitrogens is 1. The molecule has 28 heavy (non-hydrogen) atoms. The van der Waals surface area contributed by atoms with Gasteiger partial charge in [0.2, 0.25) is 5.91 Å². The zero-order valence-electron chi connectivity index (χ0n) is 15.7. The maximum atomic E-state index is 13.8. The molecule has 6 nitrogen and oxygen atoms in total. The van der Waals surface area contributed by atoms with Crippen molar-refractivity contribution in [1.82, 2.24) is 20.2 Å². The fourth-order valence-electron chi connectivity index (χ4n) is 5.32. The highest BCUT2D eigenvalue weighted by Gasteiger charge is 2.56. The predicted molar refractivity (Wildman–Crippen MR) is 108 cm³/mol. The number of rotatable bonds is 3. The first-order chi connectivity index (χ1) is 13.2. The van der Waals surface area contributed by atoms with Crippen LogP contribution >= 0.6 is 12.4 Å². The van der Waals surface area contributed by atoms with Crippen molar-refractivity contribution < 1.29 is 4.79 Å². The Kier molecular flexibility index (Phi) is 5.02. The van der Waals surface area contributed by atoms with Crippen LogP contribution in [0.25, 0.3) is 0 Å². The Hall–Kier alpha value is -2.18. The van der Waals surface area contributed by atoms with Gasteiger partial charge in [-0.3, -0.25) is 9.59 Å². The second-order valence-electron chi connectivity index (χ2n) is 8.15. The zero-order chi connectivity index (χ0) is 18.4. The summed E-state index contributed by atoms with van der Waals surface area (Å²) in [5, 5.41) is 3.67. The summed E-state index contributed by atoms with van der Waals surface area (Å²) in [6.45, 7) is 1.03. The molecule has 0 spiro atoms. The van der Waals surface area contributed by atoms with Crippen molar-refractivity contribution in [3.63, 3.8) is 0 Å². The number of amides is 1. The van der Waals surface area contributed by atoms with Gasteiger partial charge in [0.05, 0.1) is 24.0 Å². The van der Waals surface area contributed by atoms with Gasteiger partial charge in [0.15, 0.2) is 0 Å². The van der Waals surface area contributed by atoms with Gasteiger partial charge >= 0.3 is 0 Å². The lowest BCUT2D eigenvalue weighted by atomic mass is 9.68. The van der Waals surface area contributed by atoms with Crippen LogP contribution in [0.5, 0.6) is 0 Å². The van der Waals surface area contributed by atoms with Crippen LogP contribution in [0.1, 0.15) is 36.1 Å². The van der Waals surface area contributed by atoms with Gasteiger partial charge in [0, 0.05) is 24.2 Å². The van der Waals surface area contributed by atoms with Gasteiger partial charge in [0.25, 0.3) is 5.56 Å². The van der Waals surface area contributed by atoms with Gasteiger partial charge in [0.1, 0.15) is 0 Å². The number of aromatic amines is 1. The summed E-state index contributed by atoms with van der Waals surface area (Å²) in [6, 6.07) is 11.0. The molecule has 5 rings (SSSR count). The fraction of sp³-hybridized carbons (Fsp3) is 0.476. The van der Waals surface area contributed by atoms with E-state index in [0.29, 0.717) is 25.6 Å². The highest BCUT2D eigenvalue weighted by molar-refractivity contribution is 5.85. The lowest BCUT2D eigenvalue weighted by Crippen LogP contribution is -2.53. The number of carbonyl (C=O) groups excluding carboxylic acids is 1. The Bertz CT molecular complexity index is 932. The predicted octanol–water partition coefficient (Wildman–Crippen LogP) is 1.83. The van der Waals surface area contributed by atoms with Crippen LogP contribution < -0.4 is 10.9 Å². The summed E-state index contributed by atoms with van der Waals surface area (Å²) in [4.78, 5) is 34.7. The minimum atomic E-state index is -0.386. The smallest absolute Gasteiger partial charge is 0.254 e. The Labute approximate surface area is 170 Å². The normalized spacial score (nSPS) is 27.9. The average molecular weight is 401 g/mol. The standard InChI is InChI=1S/C21H24N4O2.ClH/c26-19-16-8-9-25(12-17(16)22-13-23-19)20(27)21(10-14-4-2-1-3-5-14)11-15-6-7-18(21)24-15;/h1-5,13,15,18,24H,6-12H2,(H,22,23,26);1H/t15-,18+,21+;/m0./s1. The van der Waals surface area contributed by atoms with Crippen LogP contribution in [0.4, 0.5) is 0 Å². The molecule has 2 saturated heterocycles. The van der Waals surface area contributed by atoms with Crippen molar-refractivity contribution in [2.45, 2.75) is 50.7 Å². The fourth-order valence-corrected chi connectivity index (χ4v) is 5.32. The van der Waals surface area contributed by atoms with Gasteiger partial charge in [-0.2, -0.15) is 0 Å². The van der Waals surface area contributed by atoms with Crippen molar-refractivity contribution in [2.75, 3.05) is 6.54 Å². The molecule has 1 amide bonds. The van der Waals surface area contributed by atoms with Crippen LogP contribution in [-0.4, -0.2) is 39.4 Å². The molecule has 2 fully saturated rings. The lowest BCUT2D eigenvalue weighted by Gasteiger charge is -2.40. The minimum absolute atomic E-state index is 0. The number of hydrogen-bond acceptors (Lipinski definition) is 4. The number of aromatic nitrogens is 2. The molecule has 148 valence electrons. The first-order valence-electron chi connectivity index (χ1n) is 9.80. The van der Waals surface area contributed by atoms with E-state index >= 15 is 0 Å². The molecule has 0 unspecified atom stereocenters. The maximum Gasteiger partial charge on any atom is 0.254 e. The third kappa shape index (κ3) is 3.05. The van der Waals surface area contributed by atoms with Crippen molar-refractivity contribution in [3.8, 4) is 0 Å². The number of halogens is 1. The molecule has 3 atom stereocenters. The molecule has 1 aromatic heterocycles. The summed E-state index contributed by atoms with van der Waals surface area (Å²) >= 11 is 0. The van der Waals surface area contributed by atoms with E-state index in [2.05, 4.69) is 27.4 Å². The molecular weight excluding hydrogens is 376 g/mol. The van der Waals surface area contributed by atoms with Crippen LogP contribution in [-0.2, 0) is 24.2 Å². The third-order valence-corrected chi connectivity index (χ3v) is 6.60. The van der Waals surface area contributed by atoms with Crippen LogP contribution in [0.3, 0.4) is 0 Å². The molecule has 2 N–H and O–H groups in total. The molecule has 0 radical (unpaired) electrons. The van der Waals surface area contributed by atoms with E-state index < -0.39 is 0 Å². The molecule has 3 aliphatic heterocycles. The Morgan fingerprint density at radius 3 is 2.79 bits per heavy atom. The van der Waals surface area contributed by atoms with Gasteiger partial charge in [-0.25, -0.2) is 4.98 Å². The van der Waals surface area contributed by atoms with Gasteiger partial charge in [-0.1, -0.05) is 30.3 Å². The number of fused-ring (bicyclic) bond motifs is 3. The summed E-state index contributed by atoms with van der Waals surface area (Å²) in [7, 11) is 0. The van der Waals surface area contributed by atoms with E-state index in [9.17, 15) is 9.59 Å². The average Bonchev–Trinajstić information content (AvgIpc) is 3.30. The van der Waals surface area contributed by atoms with Gasteiger partial charge in [-0.05, 0) is 37.7 Å². The Morgan fingerprint density at radius 1 is 1.25 bits per heavy atom. The summed E-state index contributed by atoms with van der Waals surface area (Å²) in [5.74, 6) is 0.221. The third-order valence-electron chi connectivity index (χ3n) is 6.60. The van der Waals surface area contributed by atoms with E-state index in [-0.39, 0.29) is 35.3 Å². The first kappa shape index (κ1) is 19.2. The Balaban J connectivity index is 0.00000192. The number of nitrogens with one attached hydrogen (secondary N) is 2. The van der Waals surface area contributed by atoms with E-state index in [1.54, 1.807) is 0 Å². The summed E-state index contributed by atoms with van der Waals surface area (Å²) in [6.07, 6.45) is 5.91. The molecule has 0 saturated carbocycles. The van der Waals surface area contributed by atoms with Crippen molar-refractivity contribution >= 4 is 18.3 Å². The highest BCUT2D eigenvalue weighted by Crippen LogP contribution is 2.47. The van der Waals surface area contributed by atoms with Gasteiger partial charge < -0.3 is 15.2 Å². The zero-order valence-corrected chi connectivity index (χ0v) is 16.5. The monoisotopic (exact) mass is 400 g/mol. The molecule has 2 aromatic rings. The quantitative estimate of drug-likeness (QED) is 0.824. The van der Waals surface area contributed by atoms with Gasteiger partial charge in [-0.15, -0.1) is 12.4 Å². The van der Waals surface area contributed by atoms with Crippen molar-refractivity contribution in [3.05, 3.63) is 63.8 Å². The molecular formula is C21H25ClN4O2. The van der Waals surface area contributed by atoms with Crippen molar-refractivity contribution in [2.24, 2.45) is 5.41 Å². The minimum Gasteiger partial charge on any atom is -0.336 e. The molecule has 1 aromatic carbocycles. The van der Waals surface area contributed by atoms with Crippen LogP contribution in [0, 0.1) is 5.41 Å². The van der Waals surface area contributed by atoms with Crippen LogP contribution in [0.2, 0.25) is 0 Å². The second kappa shape index (κ2) is 7.33. The molecule has 7 heteroatoms. The molecule has 3 aliphatic rings.